The van der Waals surface area contributed by atoms with Crippen LogP contribution in [0.25, 0.3) is 5.70 Å². The molecular formula is C11H15N3O3. The quantitative estimate of drug-likeness (QED) is 0.393. The Morgan fingerprint density at radius 3 is 2.47 bits per heavy atom. The molecule has 0 spiro atoms. The van der Waals surface area contributed by atoms with Gasteiger partial charge in [0.25, 0.3) is 0 Å². The number of carboxylic acid groups (broad SMARTS) is 1. The number of carbonyl (C=O) groups is 1. The zero-order valence-electron chi connectivity index (χ0n) is 9.68. The number of likely N-dealkylation sites (N-methyl/N-ethyl adjacent to an activating group) is 1. The molecule has 0 saturated carbocycles. The van der Waals surface area contributed by atoms with Gasteiger partial charge in [-0.2, -0.15) is 0 Å². The lowest BCUT2D eigenvalue weighted by molar-refractivity contribution is -0.134. The van der Waals surface area contributed by atoms with Crippen molar-refractivity contribution in [3.63, 3.8) is 0 Å². The van der Waals surface area contributed by atoms with Crippen LogP contribution in [0.3, 0.4) is 0 Å². The number of ether oxygens (including phenoxy) is 1. The average Bonchev–Trinajstić information content (AvgIpc) is 2.27. The second kappa shape index (κ2) is 5.22. The zero-order valence-corrected chi connectivity index (χ0v) is 9.68. The van der Waals surface area contributed by atoms with Gasteiger partial charge < -0.3 is 20.6 Å². The molecule has 0 fully saturated rings. The fourth-order valence-electron chi connectivity index (χ4n) is 1.45. The van der Waals surface area contributed by atoms with Crippen molar-refractivity contribution in [2.75, 3.05) is 14.2 Å². The molecular weight excluding hydrogens is 222 g/mol. The zero-order chi connectivity index (χ0) is 13.0. The number of hydrogen-bond acceptors (Lipinski definition) is 5. The Kier molecular flexibility index (Phi) is 3.95. The van der Waals surface area contributed by atoms with Gasteiger partial charge in [-0.05, 0) is 12.1 Å². The minimum absolute atomic E-state index is 0.0555. The lowest BCUT2D eigenvalue weighted by Gasteiger charge is -2.17. The van der Waals surface area contributed by atoms with Gasteiger partial charge >= 0.3 is 5.97 Å². The minimum Gasteiger partial charge on any atom is -0.496 e. The second-order valence-electron chi connectivity index (χ2n) is 3.38. The molecule has 0 bridgehead atoms. The van der Waals surface area contributed by atoms with Crippen LogP contribution >= 0.6 is 0 Å². The third-order valence-electron chi connectivity index (χ3n) is 2.21. The van der Waals surface area contributed by atoms with Gasteiger partial charge in [-0.3, -0.25) is 0 Å². The summed E-state index contributed by atoms with van der Waals surface area (Å²) in [6.07, 6.45) is 0. The van der Waals surface area contributed by atoms with Gasteiger partial charge in [0.1, 0.15) is 5.75 Å². The summed E-state index contributed by atoms with van der Waals surface area (Å²) in [6, 6.07) is 6.86. The van der Waals surface area contributed by atoms with E-state index >= 15 is 0 Å². The highest BCUT2D eigenvalue weighted by Gasteiger charge is 2.18. The Labute approximate surface area is 99.0 Å². The SMILES string of the molecule is COc1ccccc1/C(N)=C(\C(=O)O)N(C)N. The summed E-state index contributed by atoms with van der Waals surface area (Å²) >= 11 is 0. The predicted octanol–water partition coefficient (Wildman–Crippen LogP) is 0.213. The predicted molar refractivity (Wildman–Crippen MR) is 63.7 cm³/mol. The van der Waals surface area contributed by atoms with Gasteiger partial charge in [-0.15, -0.1) is 0 Å². The molecule has 5 N–H and O–H groups in total. The number of nitrogens with two attached hydrogens (primary N) is 2. The summed E-state index contributed by atoms with van der Waals surface area (Å²) in [6.45, 7) is 0. The van der Waals surface area contributed by atoms with E-state index in [1.54, 1.807) is 24.3 Å². The Balaban J connectivity index is 3.39. The second-order valence-corrected chi connectivity index (χ2v) is 3.38. The molecule has 0 aliphatic rings. The van der Waals surface area contributed by atoms with Crippen LogP contribution in [0.15, 0.2) is 30.0 Å². The number of hydrazine groups is 1. The summed E-state index contributed by atoms with van der Waals surface area (Å²) in [5, 5.41) is 10.0. The number of rotatable bonds is 4. The fraction of sp³-hybridized carbons (Fsp3) is 0.182. The third-order valence-corrected chi connectivity index (χ3v) is 2.21. The first-order valence-corrected chi connectivity index (χ1v) is 4.84. The molecule has 0 amide bonds. The van der Waals surface area contributed by atoms with Crippen LogP contribution in [0.5, 0.6) is 5.75 Å². The van der Waals surface area contributed by atoms with Crippen molar-refractivity contribution in [1.29, 1.82) is 0 Å². The van der Waals surface area contributed by atoms with Crippen molar-refractivity contribution in [3.8, 4) is 5.75 Å². The fourth-order valence-corrected chi connectivity index (χ4v) is 1.45. The molecule has 6 nitrogen and oxygen atoms in total. The van der Waals surface area contributed by atoms with Gasteiger partial charge in [0, 0.05) is 12.6 Å². The molecule has 17 heavy (non-hydrogen) atoms. The van der Waals surface area contributed by atoms with E-state index < -0.39 is 5.97 Å². The van der Waals surface area contributed by atoms with E-state index in [9.17, 15) is 4.79 Å². The number of para-hydroxylation sites is 1. The third kappa shape index (κ3) is 2.67. The first kappa shape index (κ1) is 12.9. The maximum absolute atomic E-state index is 11.1. The van der Waals surface area contributed by atoms with Gasteiger partial charge in [0.05, 0.1) is 12.8 Å². The molecule has 0 unspecified atom stereocenters. The van der Waals surface area contributed by atoms with Crippen LogP contribution in [-0.2, 0) is 4.79 Å². The first-order chi connectivity index (χ1) is 7.99. The molecule has 1 aromatic carbocycles. The van der Waals surface area contributed by atoms with Gasteiger partial charge in [0.15, 0.2) is 5.70 Å². The molecule has 6 heteroatoms. The molecule has 0 atom stereocenters. The van der Waals surface area contributed by atoms with Crippen LogP contribution in [0, 0.1) is 0 Å². The highest BCUT2D eigenvalue weighted by atomic mass is 16.5. The molecule has 1 rings (SSSR count). The summed E-state index contributed by atoms with van der Waals surface area (Å²) in [7, 11) is 2.89. The van der Waals surface area contributed by atoms with Gasteiger partial charge in [-0.25, -0.2) is 10.6 Å². The van der Waals surface area contributed by atoms with Crippen molar-refractivity contribution in [2.24, 2.45) is 11.6 Å². The van der Waals surface area contributed by atoms with Crippen LogP contribution in [0.1, 0.15) is 5.56 Å². The number of aliphatic carboxylic acids is 1. The van der Waals surface area contributed by atoms with E-state index in [0.29, 0.717) is 11.3 Å². The van der Waals surface area contributed by atoms with E-state index in [0.717, 1.165) is 5.01 Å². The highest BCUT2D eigenvalue weighted by molar-refractivity contribution is 5.95. The summed E-state index contributed by atoms with van der Waals surface area (Å²) in [4.78, 5) is 11.1. The summed E-state index contributed by atoms with van der Waals surface area (Å²) in [5.41, 5.74) is 6.17. The topological polar surface area (TPSA) is 102 Å². The smallest absolute Gasteiger partial charge is 0.355 e. The highest BCUT2D eigenvalue weighted by Crippen LogP contribution is 2.24. The Bertz CT molecular complexity index is 455. The number of benzene rings is 1. The maximum atomic E-state index is 11.1. The van der Waals surface area contributed by atoms with E-state index in [1.807, 2.05) is 0 Å². The van der Waals surface area contributed by atoms with E-state index in [4.69, 9.17) is 21.4 Å². The van der Waals surface area contributed by atoms with Crippen LogP contribution in [-0.4, -0.2) is 30.2 Å². The lowest BCUT2D eigenvalue weighted by Crippen LogP contribution is -2.32. The number of methoxy groups -OCH3 is 1. The monoisotopic (exact) mass is 237 g/mol. The molecule has 1 aromatic rings. The molecule has 0 radical (unpaired) electrons. The maximum Gasteiger partial charge on any atom is 0.355 e. The van der Waals surface area contributed by atoms with Gasteiger partial charge in [0.2, 0.25) is 0 Å². The van der Waals surface area contributed by atoms with E-state index in [2.05, 4.69) is 0 Å². The van der Waals surface area contributed by atoms with E-state index in [1.165, 1.54) is 14.2 Å². The van der Waals surface area contributed by atoms with Crippen molar-refractivity contribution in [3.05, 3.63) is 35.5 Å². The lowest BCUT2D eigenvalue weighted by atomic mass is 10.1. The Hall–Kier alpha value is -2.21. The number of carboxylic acids is 1. The Morgan fingerprint density at radius 2 is 2.00 bits per heavy atom. The van der Waals surface area contributed by atoms with Crippen LogP contribution < -0.4 is 16.3 Å². The summed E-state index contributed by atoms with van der Waals surface area (Å²) in [5.74, 6) is 4.74. The van der Waals surface area contributed by atoms with Crippen molar-refractivity contribution in [1.82, 2.24) is 5.01 Å². The molecule has 0 saturated heterocycles. The number of nitrogens with zero attached hydrogens (tertiary/aromatic N) is 1. The first-order valence-electron chi connectivity index (χ1n) is 4.84. The largest absolute Gasteiger partial charge is 0.496 e. The van der Waals surface area contributed by atoms with E-state index in [-0.39, 0.29) is 11.4 Å². The normalized spacial score (nSPS) is 11.7. The van der Waals surface area contributed by atoms with Crippen LogP contribution in [0.4, 0.5) is 0 Å². The molecule has 0 aliphatic heterocycles. The molecule has 0 aliphatic carbocycles. The summed E-state index contributed by atoms with van der Waals surface area (Å²) < 4.78 is 5.11. The Morgan fingerprint density at radius 1 is 1.41 bits per heavy atom. The standard InChI is InChI=1S/C11H15N3O3/c1-14(13)10(11(15)16)9(12)7-5-3-4-6-8(7)17-2/h3-6H,12-13H2,1-2H3,(H,15,16)/b10-9-. The van der Waals surface area contributed by atoms with Crippen molar-refractivity contribution in [2.45, 2.75) is 0 Å². The molecule has 92 valence electrons. The van der Waals surface area contributed by atoms with Crippen LogP contribution in [0.2, 0.25) is 0 Å². The molecule has 0 aromatic heterocycles. The minimum atomic E-state index is -1.20. The van der Waals surface area contributed by atoms with Crippen molar-refractivity contribution >= 4 is 11.7 Å². The number of hydrogen-bond donors (Lipinski definition) is 3. The van der Waals surface area contributed by atoms with Gasteiger partial charge in [-0.1, -0.05) is 12.1 Å². The average molecular weight is 237 g/mol. The molecule has 0 heterocycles. The van der Waals surface area contributed by atoms with Crippen molar-refractivity contribution < 1.29 is 14.6 Å².